The molecule has 2 aromatic rings. The van der Waals surface area contributed by atoms with E-state index in [4.69, 9.17) is 0 Å². The third kappa shape index (κ3) is 2.55. The monoisotopic (exact) mass is 314 g/mol. The minimum absolute atomic E-state index is 0.101. The highest BCUT2D eigenvalue weighted by atomic mass is 16.2. The molecule has 0 radical (unpaired) electrons. The topological polar surface area (TPSA) is 59.2 Å². The molecule has 23 heavy (non-hydrogen) atoms. The second-order valence-corrected chi connectivity index (χ2v) is 6.67. The minimum Gasteiger partial charge on any atom is -0.337 e. The molecule has 7 nitrogen and oxygen atoms in total. The van der Waals surface area contributed by atoms with Crippen LogP contribution < -0.4 is 4.90 Å². The quantitative estimate of drug-likeness (QED) is 0.834. The number of rotatable bonds is 3. The molecule has 2 aliphatic rings. The van der Waals surface area contributed by atoms with Crippen LogP contribution in [0.3, 0.4) is 0 Å². The second kappa shape index (κ2) is 5.49. The minimum atomic E-state index is 0.101. The Morgan fingerprint density at radius 1 is 1.30 bits per heavy atom. The van der Waals surface area contributed by atoms with Crippen LogP contribution >= 0.6 is 0 Å². The van der Waals surface area contributed by atoms with Gasteiger partial charge in [-0.15, -0.1) is 0 Å². The molecule has 0 N–H and O–H groups in total. The summed E-state index contributed by atoms with van der Waals surface area (Å²) in [5, 5.41) is 4.19. The molecule has 0 bridgehead atoms. The molecule has 2 aromatic heterocycles. The predicted octanol–water partition coefficient (Wildman–Crippen LogP) is 0.638. The number of fused-ring (bicyclic) bond motifs is 1. The van der Waals surface area contributed by atoms with Gasteiger partial charge in [0.05, 0.1) is 24.3 Å². The van der Waals surface area contributed by atoms with E-state index in [2.05, 4.69) is 15.0 Å². The fraction of sp³-hybridized carbons (Fsp3) is 0.562. The summed E-state index contributed by atoms with van der Waals surface area (Å²) in [6, 6.07) is 0. The maximum absolute atomic E-state index is 12.9. The van der Waals surface area contributed by atoms with E-state index in [0.717, 1.165) is 44.1 Å². The van der Waals surface area contributed by atoms with Crippen molar-refractivity contribution in [1.82, 2.24) is 24.2 Å². The third-order valence-corrected chi connectivity index (χ3v) is 5.11. The number of aryl methyl sites for hydroxylation is 2. The Labute approximate surface area is 135 Å². The van der Waals surface area contributed by atoms with E-state index in [1.165, 1.54) is 0 Å². The first-order valence-corrected chi connectivity index (χ1v) is 8.10. The lowest BCUT2D eigenvalue weighted by molar-refractivity contribution is -0.124. The average molecular weight is 314 g/mol. The van der Waals surface area contributed by atoms with Crippen LogP contribution in [-0.2, 0) is 25.4 Å². The molecule has 0 aliphatic carbocycles. The van der Waals surface area contributed by atoms with Crippen LogP contribution in [0.15, 0.2) is 24.8 Å². The number of hydrogen-bond acceptors (Lipinski definition) is 4. The number of amides is 1. The highest BCUT2D eigenvalue weighted by Gasteiger charge is 2.43. The van der Waals surface area contributed by atoms with E-state index in [1.807, 2.05) is 42.2 Å². The van der Waals surface area contributed by atoms with Crippen molar-refractivity contribution in [1.29, 1.82) is 0 Å². The first kappa shape index (κ1) is 14.4. The first-order valence-electron chi connectivity index (χ1n) is 8.10. The number of likely N-dealkylation sites (tertiary alicyclic amines) is 1. The molecule has 0 aromatic carbocycles. The number of aromatic nitrogens is 4. The van der Waals surface area contributed by atoms with Crippen molar-refractivity contribution in [2.24, 2.45) is 25.9 Å². The maximum Gasteiger partial charge on any atom is 0.231 e. The number of carbonyl (C=O) groups excluding carboxylic acids is 1. The first-order chi connectivity index (χ1) is 11.1. The molecule has 2 unspecified atom stereocenters. The Bertz CT molecular complexity index is 720. The smallest absolute Gasteiger partial charge is 0.231 e. The molecule has 4 rings (SSSR count). The Morgan fingerprint density at radius 3 is 2.87 bits per heavy atom. The molecule has 1 amide bonds. The van der Waals surface area contributed by atoms with E-state index in [9.17, 15) is 4.79 Å². The fourth-order valence-corrected chi connectivity index (χ4v) is 3.82. The van der Waals surface area contributed by atoms with Gasteiger partial charge < -0.3 is 9.47 Å². The average Bonchev–Trinajstić information content (AvgIpc) is 3.22. The summed E-state index contributed by atoms with van der Waals surface area (Å²) in [4.78, 5) is 21.5. The Kier molecular flexibility index (Phi) is 3.45. The van der Waals surface area contributed by atoms with Gasteiger partial charge in [-0.3, -0.25) is 14.4 Å². The number of hydrogen-bond donors (Lipinski definition) is 0. The zero-order valence-corrected chi connectivity index (χ0v) is 13.6. The molecule has 7 heteroatoms. The van der Waals surface area contributed by atoms with Crippen LogP contribution in [0.25, 0.3) is 0 Å². The lowest BCUT2D eigenvalue weighted by Gasteiger charge is -2.32. The maximum atomic E-state index is 12.9. The standard InChI is InChI=1S/C16H22N6O/c1-19-6-4-17-15(19)11-21-8-12-3-5-22(16(23)14(12)10-21)13-7-18-20(2)9-13/h4,6-7,9,12,14H,3,5,8,10-11H2,1-2H3. The van der Waals surface area contributed by atoms with Crippen molar-refractivity contribution in [3.05, 3.63) is 30.6 Å². The van der Waals surface area contributed by atoms with Crippen molar-refractivity contribution in [3.63, 3.8) is 0 Å². The van der Waals surface area contributed by atoms with Gasteiger partial charge in [-0.1, -0.05) is 0 Å². The summed E-state index contributed by atoms with van der Waals surface area (Å²) in [6.45, 7) is 3.43. The molecular weight excluding hydrogens is 292 g/mol. The molecule has 2 atom stereocenters. The van der Waals surface area contributed by atoms with Crippen molar-refractivity contribution >= 4 is 11.6 Å². The summed E-state index contributed by atoms with van der Waals surface area (Å²) in [5.41, 5.74) is 0.915. The van der Waals surface area contributed by atoms with Crippen LogP contribution in [0.1, 0.15) is 12.2 Å². The summed E-state index contributed by atoms with van der Waals surface area (Å²) >= 11 is 0. The van der Waals surface area contributed by atoms with Gasteiger partial charge in [0, 0.05) is 52.3 Å². The van der Waals surface area contributed by atoms with Gasteiger partial charge in [0.2, 0.25) is 5.91 Å². The van der Waals surface area contributed by atoms with E-state index < -0.39 is 0 Å². The van der Waals surface area contributed by atoms with Gasteiger partial charge in [0.15, 0.2) is 0 Å². The number of anilines is 1. The second-order valence-electron chi connectivity index (χ2n) is 6.67. The van der Waals surface area contributed by atoms with Gasteiger partial charge in [0.25, 0.3) is 0 Å². The predicted molar refractivity (Wildman–Crippen MR) is 85.6 cm³/mol. The zero-order valence-electron chi connectivity index (χ0n) is 13.6. The van der Waals surface area contributed by atoms with Crippen LogP contribution in [0.4, 0.5) is 5.69 Å². The van der Waals surface area contributed by atoms with Crippen molar-refractivity contribution in [2.45, 2.75) is 13.0 Å². The number of piperidine rings is 1. The Morgan fingerprint density at radius 2 is 2.17 bits per heavy atom. The number of carbonyl (C=O) groups is 1. The fourth-order valence-electron chi connectivity index (χ4n) is 3.82. The summed E-state index contributed by atoms with van der Waals surface area (Å²) in [7, 11) is 3.89. The van der Waals surface area contributed by atoms with Crippen molar-refractivity contribution in [2.75, 3.05) is 24.5 Å². The van der Waals surface area contributed by atoms with Gasteiger partial charge >= 0.3 is 0 Å². The van der Waals surface area contributed by atoms with Crippen LogP contribution in [0.2, 0.25) is 0 Å². The van der Waals surface area contributed by atoms with E-state index in [1.54, 1.807) is 10.9 Å². The highest BCUT2D eigenvalue weighted by molar-refractivity contribution is 5.96. The molecule has 4 heterocycles. The zero-order chi connectivity index (χ0) is 16.0. The molecule has 0 saturated carbocycles. The highest BCUT2D eigenvalue weighted by Crippen LogP contribution is 2.34. The number of imidazole rings is 1. The summed E-state index contributed by atoms with van der Waals surface area (Å²) in [6.07, 6.45) is 8.54. The normalized spacial score (nSPS) is 25.1. The Balaban J connectivity index is 1.47. The molecule has 2 fully saturated rings. The molecule has 2 aliphatic heterocycles. The Hall–Kier alpha value is -2.15. The van der Waals surface area contributed by atoms with Crippen LogP contribution in [0.5, 0.6) is 0 Å². The molecule has 0 spiro atoms. The van der Waals surface area contributed by atoms with Gasteiger partial charge in [-0.25, -0.2) is 4.98 Å². The van der Waals surface area contributed by atoms with Crippen molar-refractivity contribution < 1.29 is 4.79 Å². The lowest BCUT2D eigenvalue weighted by Crippen LogP contribution is -2.45. The van der Waals surface area contributed by atoms with E-state index in [0.29, 0.717) is 5.92 Å². The van der Waals surface area contributed by atoms with Crippen molar-refractivity contribution in [3.8, 4) is 0 Å². The van der Waals surface area contributed by atoms with E-state index >= 15 is 0 Å². The van der Waals surface area contributed by atoms with E-state index in [-0.39, 0.29) is 11.8 Å². The van der Waals surface area contributed by atoms with Gasteiger partial charge in [0.1, 0.15) is 5.82 Å². The molecular formula is C16H22N6O. The molecule has 2 saturated heterocycles. The van der Waals surface area contributed by atoms with Crippen LogP contribution in [0, 0.1) is 11.8 Å². The van der Waals surface area contributed by atoms with Crippen LogP contribution in [-0.4, -0.2) is 49.8 Å². The van der Waals surface area contributed by atoms with Gasteiger partial charge in [-0.2, -0.15) is 5.10 Å². The van der Waals surface area contributed by atoms with Gasteiger partial charge in [-0.05, 0) is 12.3 Å². The molecule has 122 valence electrons. The number of nitrogens with zero attached hydrogens (tertiary/aromatic N) is 6. The summed E-state index contributed by atoms with van der Waals surface area (Å²) < 4.78 is 3.79. The third-order valence-electron chi connectivity index (χ3n) is 5.11. The summed E-state index contributed by atoms with van der Waals surface area (Å²) in [5.74, 6) is 1.87. The lowest BCUT2D eigenvalue weighted by atomic mass is 9.88. The SMILES string of the molecule is Cn1cc(N2CCC3CN(Cc4nccn4C)CC3C2=O)cn1. The largest absolute Gasteiger partial charge is 0.337 e.